The number of fused-ring (bicyclic) bond motifs is 1. The minimum Gasteiger partial charge on any atom is -0.343 e. The van der Waals surface area contributed by atoms with Gasteiger partial charge in [0.05, 0.1) is 0 Å². The molecule has 96 valence electrons. The lowest BCUT2D eigenvalue weighted by atomic mass is 10.1. The van der Waals surface area contributed by atoms with Crippen molar-refractivity contribution in [1.29, 1.82) is 0 Å². The van der Waals surface area contributed by atoms with E-state index in [0.717, 1.165) is 13.1 Å². The molecule has 0 amide bonds. The number of nitrogens with zero attached hydrogens (tertiary/aromatic N) is 1. The third-order valence-corrected chi connectivity index (χ3v) is 2.99. The summed E-state index contributed by atoms with van der Waals surface area (Å²) in [4.78, 5) is 0. The topological polar surface area (TPSA) is 17.0 Å². The Morgan fingerprint density at radius 1 is 1.33 bits per heavy atom. The van der Waals surface area contributed by atoms with Gasteiger partial charge in [-0.3, -0.25) is 0 Å². The average molecular weight is 242 g/mol. The molecule has 2 heteroatoms. The first-order valence-electron chi connectivity index (χ1n) is 6.52. The first-order chi connectivity index (χ1) is 8.56. The highest BCUT2D eigenvalue weighted by atomic mass is 15.0. The molecular weight excluding hydrogens is 220 g/mol. The van der Waals surface area contributed by atoms with Crippen LogP contribution in [-0.4, -0.2) is 10.6 Å². The zero-order valence-electron chi connectivity index (χ0n) is 11.5. The highest BCUT2D eigenvalue weighted by Crippen LogP contribution is 2.18. The van der Waals surface area contributed by atoms with Crippen molar-refractivity contribution in [3.63, 3.8) is 0 Å². The van der Waals surface area contributed by atoms with E-state index in [1.807, 2.05) is 0 Å². The van der Waals surface area contributed by atoms with E-state index in [4.69, 9.17) is 0 Å². The van der Waals surface area contributed by atoms with Crippen LogP contribution in [0.5, 0.6) is 0 Å². The van der Waals surface area contributed by atoms with E-state index < -0.39 is 0 Å². The van der Waals surface area contributed by atoms with Gasteiger partial charge in [0, 0.05) is 30.8 Å². The number of nitrogens with one attached hydrogen (secondary N) is 1. The third-order valence-electron chi connectivity index (χ3n) is 2.99. The van der Waals surface area contributed by atoms with E-state index in [1.54, 1.807) is 0 Å². The van der Waals surface area contributed by atoms with E-state index in [0.29, 0.717) is 6.04 Å². The lowest BCUT2D eigenvalue weighted by Crippen LogP contribution is -2.21. The maximum atomic E-state index is 3.99. The molecule has 0 saturated heterocycles. The van der Waals surface area contributed by atoms with Crippen LogP contribution in [-0.2, 0) is 13.1 Å². The molecule has 1 N–H and O–H groups in total. The third kappa shape index (κ3) is 3.02. The number of benzene rings is 1. The Hall–Kier alpha value is -1.54. The van der Waals surface area contributed by atoms with Crippen molar-refractivity contribution in [2.45, 2.75) is 39.9 Å². The molecule has 0 aliphatic heterocycles. The van der Waals surface area contributed by atoms with Gasteiger partial charge >= 0.3 is 0 Å². The van der Waals surface area contributed by atoms with Crippen molar-refractivity contribution in [3.8, 4) is 0 Å². The number of hydrogen-bond acceptors (Lipinski definition) is 1. The summed E-state index contributed by atoms with van der Waals surface area (Å²) in [6.07, 6.45) is 2.14. The first-order valence-corrected chi connectivity index (χ1v) is 6.52. The van der Waals surface area contributed by atoms with Crippen LogP contribution in [0.25, 0.3) is 10.9 Å². The minimum atomic E-state index is 0.517. The molecule has 0 radical (unpaired) electrons. The average Bonchev–Trinajstić information content (AvgIpc) is 2.68. The summed E-state index contributed by atoms with van der Waals surface area (Å²) in [5, 5.41) is 4.75. The van der Waals surface area contributed by atoms with Crippen LogP contribution in [0, 0.1) is 0 Å². The molecule has 0 spiro atoms. The van der Waals surface area contributed by atoms with E-state index >= 15 is 0 Å². The SMILES string of the molecule is C=C(C)Cn1ccc2ccc(CNC(C)C)cc21. The molecule has 0 unspecified atom stereocenters. The van der Waals surface area contributed by atoms with E-state index in [-0.39, 0.29) is 0 Å². The lowest BCUT2D eigenvalue weighted by Gasteiger charge is -2.09. The molecule has 0 aliphatic rings. The summed E-state index contributed by atoms with van der Waals surface area (Å²) < 4.78 is 2.26. The second-order valence-electron chi connectivity index (χ2n) is 5.33. The van der Waals surface area contributed by atoms with Crippen LogP contribution in [0.4, 0.5) is 0 Å². The summed E-state index contributed by atoms with van der Waals surface area (Å²) >= 11 is 0. The normalized spacial score (nSPS) is 11.3. The Labute approximate surface area is 109 Å². The molecule has 0 atom stereocenters. The van der Waals surface area contributed by atoms with Crippen LogP contribution in [0.3, 0.4) is 0 Å². The Kier molecular flexibility index (Phi) is 3.87. The van der Waals surface area contributed by atoms with Gasteiger partial charge in [-0.2, -0.15) is 0 Å². The largest absolute Gasteiger partial charge is 0.343 e. The predicted molar refractivity (Wildman–Crippen MR) is 78.7 cm³/mol. The molecule has 1 heterocycles. The molecule has 2 aromatic rings. The fourth-order valence-electron chi connectivity index (χ4n) is 2.09. The van der Waals surface area contributed by atoms with Crippen molar-refractivity contribution in [2.75, 3.05) is 0 Å². The minimum absolute atomic E-state index is 0.517. The summed E-state index contributed by atoms with van der Waals surface area (Å²) in [5.41, 5.74) is 3.80. The number of allylic oxidation sites excluding steroid dienone is 1. The van der Waals surface area contributed by atoms with Crippen molar-refractivity contribution in [3.05, 3.63) is 48.2 Å². The second kappa shape index (κ2) is 5.40. The van der Waals surface area contributed by atoms with E-state index in [9.17, 15) is 0 Å². The predicted octanol–water partition coefficient (Wildman–Crippen LogP) is 3.72. The van der Waals surface area contributed by atoms with Gasteiger partial charge in [-0.25, -0.2) is 0 Å². The number of hydrogen-bond donors (Lipinski definition) is 1. The quantitative estimate of drug-likeness (QED) is 0.791. The fraction of sp³-hybridized carbons (Fsp3) is 0.375. The second-order valence-corrected chi connectivity index (χ2v) is 5.33. The van der Waals surface area contributed by atoms with Crippen LogP contribution in [0.2, 0.25) is 0 Å². The summed E-state index contributed by atoms with van der Waals surface area (Å²) in [6, 6.07) is 9.35. The smallest absolute Gasteiger partial charge is 0.0486 e. The monoisotopic (exact) mass is 242 g/mol. The molecule has 2 rings (SSSR count). The molecular formula is C16H22N2. The number of rotatable bonds is 5. The van der Waals surface area contributed by atoms with Gasteiger partial charge in [-0.05, 0) is 30.0 Å². The van der Waals surface area contributed by atoms with Gasteiger partial charge in [0.15, 0.2) is 0 Å². The molecule has 18 heavy (non-hydrogen) atoms. The molecule has 1 aromatic heterocycles. The molecule has 0 bridgehead atoms. The van der Waals surface area contributed by atoms with Crippen molar-refractivity contribution in [1.82, 2.24) is 9.88 Å². The Morgan fingerprint density at radius 3 is 2.78 bits per heavy atom. The van der Waals surface area contributed by atoms with E-state index in [1.165, 1.54) is 22.0 Å². The lowest BCUT2D eigenvalue weighted by molar-refractivity contribution is 0.589. The summed E-state index contributed by atoms with van der Waals surface area (Å²) in [7, 11) is 0. The van der Waals surface area contributed by atoms with Crippen LogP contribution in [0.15, 0.2) is 42.6 Å². The van der Waals surface area contributed by atoms with Crippen LogP contribution < -0.4 is 5.32 Å². The Balaban J connectivity index is 2.27. The van der Waals surface area contributed by atoms with Crippen molar-refractivity contribution in [2.24, 2.45) is 0 Å². The standard InChI is InChI=1S/C16H22N2/c1-12(2)11-18-8-7-15-6-5-14(9-16(15)18)10-17-13(3)4/h5-9,13,17H,1,10-11H2,2-4H3. The van der Waals surface area contributed by atoms with Gasteiger partial charge in [0.25, 0.3) is 0 Å². The molecule has 0 saturated carbocycles. The van der Waals surface area contributed by atoms with Crippen LogP contribution >= 0.6 is 0 Å². The van der Waals surface area contributed by atoms with Crippen molar-refractivity contribution >= 4 is 10.9 Å². The molecule has 0 fully saturated rings. The first kappa shape index (κ1) is 12.9. The van der Waals surface area contributed by atoms with Gasteiger partial charge in [0.1, 0.15) is 0 Å². The van der Waals surface area contributed by atoms with Crippen molar-refractivity contribution < 1.29 is 0 Å². The summed E-state index contributed by atoms with van der Waals surface area (Å²) in [6.45, 7) is 12.2. The van der Waals surface area contributed by atoms with E-state index in [2.05, 4.69) is 67.7 Å². The van der Waals surface area contributed by atoms with Gasteiger partial charge < -0.3 is 9.88 Å². The Morgan fingerprint density at radius 2 is 2.11 bits per heavy atom. The summed E-state index contributed by atoms with van der Waals surface area (Å²) in [5.74, 6) is 0. The highest BCUT2D eigenvalue weighted by Gasteiger charge is 2.03. The van der Waals surface area contributed by atoms with Gasteiger partial charge in [-0.15, -0.1) is 0 Å². The Bertz CT molecular complexity index is 549. The maximum Gasteiger partial charge on any atom is 0.0486 e. The van der Waals surface area contributed by atoms with Gasteiger partial charge in [0.2, 0.25) is 0 Å². The van der Waals surface area contributed by atoms with Crippen LogP contribution in [0.1, 0.15) is 26.3 Å². The highest BCUT2D eigenvalue weighted by molar-refractivity contribution is 5.80. The molecule has 2 nitrogen and oxygen atoms in total. The number of aromatic nitrogens is 1. The molecule has 0 aliphatic carbocycles. The fourth-order valence-corrected chi connectivity index (χ4v) is 2.09. The zero-order chi connectivity index (χ0) is 13.1. The maximum absolute atomic E-state index is 3.99. The van der Waals surface area contributed by atoms with Gasteiger partial charge in [-0.1, -0.05) is 38.1 Å². The zero-order valence-corrected chi connectivity index (χ0v) is 11.5. The molecule has 1 aromatic carbocycles.